The number of nitrogens with one attached hydrogen (secondary N) is 2. The fourth-order valence-electron chi connectivity index (χ4n) is 4.16. The van der Waals surface area contributed by atoms with Crippen molar-refractivity contribution in [3.63, 3.8) is 0 Å². The Bertz CT molecular complexity index is 1120. The number of nitrogen functional groups attached to an aromatic ring is 1. The minimum atomic E-state index is -0.407. The van der Waals surface area contributed by atoms with Crippen LogP contribution in [0.3, 0.4) is 0 Å². The van der Waals surface area contributed by atoms with Crippen LogP contribution < -0.4 is 16.4 Å². The van der Waals surface area contributed by atoms with E-state index in [1.807, 2.05) is 55.5 Å². The van der Waals surface area contributed by atoms with Gasteiger partial charge in [0.1, 0.15) is 5.00 Å². The molecule has 1 aliphatic rings. The SMILES string of the molecule is CC(CC(=O)Nc1sc2c(c1N)CCC(COC(=O)NCc1ccccc1)C2)c1ccccn1. The molecule has 0 saturated carbocycles. The number of hydrogen-bond donors (Lipinski definition) is 3. The summed E-state index contributed by atoms with van der Waals surface area (Å²) in [4.78, 5) is 30.2. The van der Waals surface area contributed by atoms with Crippen molar-refractivity contribution >= 4 is 34.0 Å². The smallest absolute Gasteiger partial charge is 0.407 e. The highest BCUT2D eigenvalue weighted by Crippen LogP contribution is 2.41. The summed E-state index contributed by atoms with van der Waals surface area (Å²) in [6.45, 7) is 2.80. The molecule has 0 saturated heterocycles. The van der Waals surface area contributed by atoms with Crippen LogP contribution in [0.1, 0.15) is 47.4 Å². The molecular weight excluding hydrogens is 448 g/mol. The maximum absolute atomic E-state index is 12.6. The molecule has 2 aromatic heterocycles. The van der Waals surface area contributed by atoms with E-state index >= 15 is 0 Å². The number of nitrogens with two attached hydrogens (primary N) is 1. The number of aromatic nitrogens is 1. The van der Waals surface area contributed by atoms with Crippen molar-refractivity contribution in [2.45, 2.75) is 45.1 Å². The Morgan fingerprint density at radius 1 is 1.21 bits per heavy atom. The molecule has 0 fully saturated rings. The van der Waals surface area contributed by atoms with Gasteiger partial charge in [-0.25, -0.2) is 4.79 Å². The van der Waals surface area contributed by atoms with Crippen molar-refractivity contribution in [3.8, 4) is 0 Å². The number of hydrogen-bond acceptors (Lipinski definition) is 6. The van der Waals surface area contributed by atoms with E-state index < -0.39 is 6.09 Å². The van der Waals surface area contributed by atoms with E-state index in [1.165, 1.54) is 11.3 Å². The number of carbonyl (C=O) groups excluding carboxylic acids is 2. The molecule has 3 aromatic rings. The Morgan fingerprint density at radius 3 is 2.76 bits per heavy atom. The predicted octanol–water partition coefficient (Wildman–Crippen LogP) is 4.89. The van der Waals surface area contributed by atoms with E-state index in [0.717, 1.165) is 41.0 Å². The zero-order chi connectivity index (χ0) is 23.9. The summed E-state index contributed by atoms with van der Waals surface area (Å²) in [5, 5.41) is 6.50. The second-order valence-electron chi connectivity index (χ2n) is 8.70. The van der Waals surface area contributed by atoms with Crippen LogP contribution in [0.5, 0.6) is 0 Å². The van der Waals surface area contributed by atoms with Gasteiger partial charge in [0, 0.05) is 35.7 Å². The Balaban J connectivity index is 1.26. The maximum atomic E-state index is 12.6. The average molecular weight is 479 g/mol. The first-order chi connectivity index (χ1) is 16.5. The molecule has 4 N–H and O–H groups in total. The molecule has 0 aliphatic heterocycles. The van der Waals surface area contributed by atoms with E-state index in [1.54, 1.807) is 6.20 Å². The summed E-state index contributed by atoms with van der Waals surface area (Å²) < 4.78 is 5.45. The topological polar surface area (TPSA) is 106 Å². The van der Waals surface area contributed by atoms with Crippen molar-refractivity contribution in [3.05, 3.63) is 76.4 Å². The highest BCUT2D eigenvalue weighted by atomic mass is 32.1. The van der Waals surface area contributed by atoms with Crippen molar-refractivity contribution in [1.82, 2.24) is 10.3 Å². The Morgan fingerprint density at radius 2 is 2.00 bits per heavy atom. The van der Waals surface area contributed by atoms with Gasteiger partial charge in [0.05, 0.1) is 12.3 Å². The third kappa shape index (κ3) is 6.14. The van der Waals surface area contributed by atoms with E-state index in [0.29, 0.717) is 30.3 Å². The van der Waals surface area contributed by atoms with E-state index in [9.17, 15) is 9.59 Å². The van der Waals surface area contributed by atoms with Gasteiger partial charge in [0.15, 0.2) is 0 Å². The number of alkyl carbamates (subject to hydrolysis) is 1. The van der Waals surface area contributed by atoms with Gasteiger partial charge in [0.25, 0.3) is 0 Å². The van der Waals surface area contributed by atoms with Crippen LogP contribution in [0.25, 0.3) is 0 Å². The molecule has 0 spiro atoms. The molecule has 2 heterocycles. The molecule has 2 atom stereocenters. The zero-order valence-electron chi connectivity index (χ0n) is 19.3. The number of rotatable bonds is 8. The molecule has 7 nitrogen and oxygen atoms in total. The number of thiophene rings is 1. The van der Waals surface area contributed by atoms with E-state index in [2.05, 4.69) is 15.6 Å². The number of nitrogens with zero attached hydrogens (tertiary/aromatic N) is 1. The lowest BCUT2D eigenvalue weighted by molar-refractivity contribution is -0.116. The van der Waals surface area contributed by atoms with Crippen LogP contribution in [0.15, 0.2) is 54.7 Å². The number of fused-ring (bicyclic) bond motifs is 1. The van der Waals surface area contributed by atoms with Gasteiger partial charge in [-0.3, -0.25) is 9.78 Å². The molecule has 8 heteroatoms. The van der Waals surface area contributed by atoms with Crippen LogP contribution in [-0.4, -0.2) is 23.6 Å². The number of pyridine rings is 1. The Labute approximate surface area is 203 Å². The summed E-state index contributed by atoms with van der Waals surface area (Å²) in [7, 11) is 0. The number of amides is 2. The average Bonchev–Trinajstić information content (AvgIpc) is 3.16. The molecule has 2 amide bonds. The first kappa shape index (κ1) is 23.8. The van der Waals surface area contributed by atoms with Crippen LogP contribution in [0.2, 0.25) is 0 Å². The highest BCUT2D eigenvalue weighted by Gasteiger charge is 2.26. The van der Waals surface area contributed by atoms with Crippen molar-refractivity contribution in [2.24, 2.45) is 5.92 Å². The van der Waals surface area contributed by atoms with Crippen LogP contribution >= 0.6 is 11.3 Å². The van der Waals surface area contributed by atoms with Gasteiger partial charge in [-0.05, 0) is 48.4 Å². The standard InChI is InChI=1S/C26H30N4O3S/c1-17(21-9-5-6-12-28-21)13-23(31)30-25-24(27)20-11-10-19(14-22(20)34-25)16-33-26(32)29-15-18-7-3-2-4-8-18/h2-9,12,17,19H,10-11,13-16,27H2,1H3,(H,29,32)(H,30,31). The molecule has 0 radical (unpaired) electrons. The van der Waals surface area contributed by atoms with Crippen LogP contribution in [-0.2, 0) is 28.9 Å². The lowest BCUT2D eigenvalue weighted by atomic mass is 9.89. The molecule has 2 unspecified atom stereocenters. The zero-order valence-corrected chi connectivity index (χ0v) is 20.1. The number of carbonyl (C=O) groups is 2. The van der Waals surface area contributed by atoms with Gasteiger partial charge in [-0.1, -0.05) is 43.3 Å². The predicted molar refractivity (Wildman–Crippen MR) is 135 cm³/mol. The Hall–Kier alpha value is -3.39. The molecule has 1 aromatic carbocycles. The fraction of sp³-hybridized carbons (Fsp3) is 0.346. The third-order valence-corrected chi connectivity index (χ3v) is 7.26. The summed E-state index contributed by atoms with van der Waals surface area (Å²) >= 11 is 1.53. The van der Waals surface area contributed by atoms with Crippen molar-refractivity contribution < 1.29 is 14.3 Å². The monoisotopic (exact) mass is 478 g/mol. The minimum Gasteiger partial charge on any atom is -0.449 e. The fourth-order valence-corrected chi connectivity index (χ4v) is 5.45. The molecule has 1 aliphatic carbocycles. The lowest BCUT2D eigenvalue weighted by Crippen LogP contribution is -2.27. The van der Waals surface area contributed by atoms with Gasteiger partial charge in [-0.15, -0.1) is 11.3 Å². The highest BCUT2D eigenvalue weighted by molar-refractivity contribution is 7.17. The second kappa shape index (κ2) is 11.2. The van der Waals surface area contributed by atoms with E-state index in [4.69, 9.17) is 10.5 Å². The molecule has 4 rings (SSSR count). The first-order valence-corrected chi connectivity index (χ1v) is 12.4. The minimum absolute atomic E-state index is 0.0200. The van der Waals surface area contributed by atoms with Crippen molar-refractivity contribution in [2.75, 3.05) is 17.7 Å². The number of anilines is 2. The number of benzene rings is 1. The summed E-state index contributed by atoms with van der Waals surface area (Å²) in [5.74, 6) is 0.186. The van der Waals surface area contributed by atoms with E-state index in [-0.39, 0.29) is 17.7 Å². The maximum Gasteiger partial charge on any atom is 0.407 e. The summed E-state index contributed by atoms with van der Waals surface area (Å²) in [6, 6.07) is 15.5. The lowest BCUT2D eigenvalue weighted by Gasteiger charge is -2.22. The van der Waals surface area contributed by atoms with Gasteiger partial charge < -0.3 is 21.1 Å². The summed E-state index contributed by atoms with van der Waals surface area (Å²) in [6.07, 6.45) is 4.17. The third-order valence-electron chi connectivity index (χ3n) is 6.08. The first-order valence-electron chi connectivity index (χ1n) is 11.5. The van der Waals surface area contributed by atoms with Crippen LogP contribution in [0, 0.1) is 5.92 Å². The number of ether oxygens (including phenoxy) is 1. The summed E-state index contributed by atoms with van der Waals surface area (Å²) in [5.41, 5.74) is 10.1. The molecule has 0 bridgehead atoms. The van der Waals surface area contributed by atoms with Gasteiger partial charge in [0.2, 0.25) is 5.91 Å². The van der Waals surface area contributed by atoms with Crippen molar-refractivity contribution in [1.29, 1.82) is 0 Å². The quantitative estimate of drug-likeness (QED) is 0.427. The Kier molecular flexibility index (Phi) is 7.80. The molecular formula is C26H30N4O3S. The van der Waals surface area contributed by atoms with Crippen LogP contribution in [0.4, 0.5) is 15.5 Å². The largest absolute Gasteiger partial charge is 0.449 e. The molecule has 178 valence electrons. The van der Waals surface area contributed by atoms with Gasteiger partial charge in [-0.2, -0.15) is 0 Å². The van der Waals surface area contributed by atoms with Gasteiger partial charge >= 0.3 is 6.09 Å². The normalized spacial score (nSPS) is 15.7. The second-order valence-corrected chi connectivity index (χ2v) is 9.81. The molecule has 34 heavy (non-hydrogen) atoms.